The molecule has 1 heterocycles. The smallest absolute Gasteiger partial charge is 0.0779 e. The third-order valence-electron chi connectivity index (χ3n) is 7.87. The van der Waals surface area contributed by atoms with Crippen LogP contribution < -0.4 is 16.8 Å². The number of rotatable bonds is 13. The van der Waals surface area contributed by atoms with Crippen LogP contribution in [0.3, 0.4) is 0 Å². The van der Waals surface area contributed by atoms with Crippen molar-refractivity contribution in [3.05, 3.63) is 75.7 Å². The van der Waals surface area contributed by atoms with Crippen LogP contribution in [0.25, 0.3) is 5.57 Å². The molecular formula is C35H59N5O. The van der Waals surface area contributed by atoms with Crippen LogP contribution in [0, 0.1) is 18.3 Å². The fraction of sp³-hybridized carbons (Fsp3) is 0.571. The number of nitrogens with two attached hydrogens (primary N) is 2. The van der Waals surface area contributed by atoms with Crippen LogP contribution in [0.1, 0.15) is 96.3 Å². The molecule has 6 nitrogen and oxygen atoms in total. The zero-order valence-corrected chi connectivity index (χ0v) is 27.4. The lowest BCUT2D eigenvalue weighted by atomic mass is 9.80. The topological polar surface area (TPSA) is 111 Å². The highest BCUT2D eigenvalue weighted by Gasteiger charge is 2.24. The van der Waals surface area contributed by atoms with Gasteiger partial charge in [-0.25, -0.2) is 0 Å². The van der Waals surface area contributed by atoms with Gasteiger partial charge in [0.15, 0.2) is 0 Å². The number of piperidine rings is 1. The summed E-state index contributed by atoms with van der Waals surface area (Å²) >= 11 is 0. The standard InChI is InChI=1S/C34H54N4O.CH5N/c1-9-12-30(26(10-2)19-32(25(7)39)33(36)11-3)34(23(4)5)31-20-28(14-13-24(31)6)27-15-17-38(18-16-27)22-29(35)21-37-8;1-2/h10,13-14,19-21,23,25,27,36-37,39H,9,11-12,15-18,22,35H2,1-8H3;2H2,1H3/b26-10+,29-21-,32-19-,34-30+,36-33?;. The van der Waals surface area contributed by atoms with Crippen LogP contribution in [0.2, 0.25) is 0 Å². The maximum absolute atomic E-state index is 10.5. The van der Waals surface area contributed by atoms with Gasteiger partial charge in [-0.2, -0.15) is 0 Å². The molecule has 1 aliphatic heterocycles. The van der Waals surface area contributed by atoms with Crippen molar-refractivity contribution in [2.75, 3.05) is 33.7 Å². The van der Waals surface area contributed by atoms with Crippen LogP contribution in [-0.2, 0) is 0 Å². The second-order valence-electron chi connectivity index (χ2n) is 11.3. The molecule has 1 aromatic rings. The van der Waals surface area contributed by atoms with Gasteiger partial charge in [0, 0.05) is 36.8 Å². The lowest BCUT2D eigenvalue weighted by Gasteiger charge is -2.32. The van der Waals surface area contributed by atoms with E-state index in [1.807, 2.05) is 20.2 Å². The van der Waals surface area contributed by atoms with Crippen molar-refractivity contribution in [1.29, 1.82) is 5.41 Å². The molecule has 0 spiro atoms. The van der Waals surface area contributed by atoms with Crippen molar-refractivity contribution in [2.45, 2.75) is 92.6 Å². The number of hydrogen-bond donors (Lipinski definition) is 5. The molecule has 1 saturated heterocycles. The highest BCUT2D eigenvalue weighted by Crippen LogP contribution is 2.38. The second-order valence-corrected chi connectivity index (χ2v) is 11.3. The summed E-state index contributed by atoms with van der Waals surface area (Å²) in [5, 5.41) is 22.0. The number of likely N-dealkylation sites (tertiary alicyclic amines) is 1. The van der Waals surface area contributed by atoms with E-state index < -0.39 is 6.10 Å². The third-order valence-corrected chi connectivity index (χ3v) is 7.87. The zero-order chi connectivity index (χ0) is 31.1. The van der Waals surface area contributed by atoms with Crippen molar-refractivity contribution in [2.24, 2.45) is 17.4 Å². The van der Waals surface area contributed by atoms with Crippen LogP contribution in [-0.4, -0.2) is 55.6 Å². The SMILES string of the molecule is C/C=C(\C=C(/C(=N)CC)C(C)O)C(/CCC)=C(/c1cc(C2CCN(C/C(N)=C/NC)CC2)ccc1C)C(C)C.CN. The van der Waals surface area contributed by atoms with E-state index in [4.69, 9.17) is 11.1 Å². The van der Waals surface area contributed by atoms with Crippen molar-refractivity contribution in [1.82, 2.24) is 10.2 Å². The van der Waals surface area contributed by atoms with E-state index in [2.05, 4.69) is 80.9 Å². The van der Waals surface area contributed by atoms with Gasteiger partial charge in [-0.05, 0) is 118 Å². The Bertz CT molecular complexity index is 1090. The largest absolute Gasteiger partial charge is 0.400 e. The number of allylic oxidation sites excluding steroid dienone is 5. The van der Waals surface area contributed by atoms with E-state index >= 15 is 0 Å². The van der Waals surface area contributed by atoms with Crippen LogP contribution >= 0.6 is 0 Å². The Kier molecular flexibility index (Phi) is 16.6. The maximum atomic E-state index is 10.5. The Balaban J connectivity index is 0.00000411. The van der Waals surface area contributed by atoms with Gasteiger partial charge >= 0.3 is 0 Å². The Morgan fingerprint density at radius 3 is 2.29 bits per heavy atom. The average molecular weight is 566 g/mol. The van der Waals surface area contributed by atoms with Crippen LogP contribution in [0.5, 0.6) is 0 Å². The molecule has 230 valence electrons. The van der Waals surface area contributed by atoms with Gasteiger partial charge in [-0.1, -0.05) is 58.4 Å². The molecule has 0 radical (unpaired) electrons. The van der Waals surface area contributed by atoms with Gasteiger partial charge in [0.05, 0.1) is 6.10 Å². The van der Waals surface area contributed by atoms with Crippen LogP contribution in [0.15, 0.2) is 59.0 Å². The Labute approximate surface area is 251 Å². The molecule has 2 rings (SSSR count). The number of benzene rings is 1. The highest BCUT2D eigenvalue weighted by atomic mass is 16.3. The van der Waals surface area contributed by atoms with Crippen molar-refractivity contribution >= 4 is 11.3 Å². The van der Waals surface area contributed by atoms with Crippen LogP contribution in [0.4, 0.5) is 0 Å². The Hall–Kier alpha value is -2.67. The minimum absolute atomic E-state index is 0.341. The minimum atomic E-state index is -0.669. The lowest BCUT2D eigenvalue weighted by molar-refractivity contribution is 0.227. The summed E-state index contributed by atoms with van der Waals surface area (Å²) in [5.74, 6) is 0.888. The molecule has 0 bridgehead atoms. The zero-order valence-electron chi connectivity index (χ0n) is 27.4. The molecule has 1 unspecified atom stereocenters. The second kappa shape index (κ2) is 18.7. The van der Waals surface area contributed by atoms with E-state index in [1.54, 1.807) is 6.92 Å². The Morgan fingerprint density at radius 1 is 1.17 bits per heavy atom. The first-order valence-corrected chi connectivity index (χ1v) is 15.5. The first kappa shape index (κ1) is 36.4. The molecule has 1 fully saturated rings. The summed E-state index contributed by atoms with van der Waals surface area (Å²) in [7, 11) is 3.39. The molecular weight excluding hydrogens is 506 g/mol. The molecule has 7 N–H and O–H groups in total. The van der Waals surface area contributed by atoms with Gasteiger partial charge < -0.3 is 27.3 Å². The molecule has 0 aliphatic carbocycles. The predicted octanol–water partition coefficient (Wildman–Crippen LogP) is 6.66. The van der Waals surface area contributed by atoms with Crippen molar-refractivity contribution < 1.29 is 5.11 Å². The molecule has 1 atom stereocenters. The molecule has 1 aliphatic rings. The summed E-state index contributed by atoms with van der Waals surface area (Å²) < 4.78 is 0. The predicted molar refractivity (Wildman–Crippen MR) is 179 cm³/mol. The molecule has 0 saturated carbocycles. The number of nitrogens with zero attached hydrogens (tertiary/aromatic N) is 1. The van der Waals surface area contributed by atoms with E-state index in [0.717, 1.165) is 56.6 Å². The first-order valence-electron chi connectivity index (χ1n) is 15.5. The number of nitrogens with one attached hydrogen (secondary N) is 2. The summed E-state index contributed by atoms with van der Waals surface area (Å²) in [5.41, 5.74) is 20.6. The number of hydrogen-bond acceptors (Lipinski definition) is 6. The fourth-order valence-corrected chi connectivity index (χ4v) is 5.78. The summed E-state index contributed by atoms with van der Waals surface area (Å²) in [6.45, 7) is 17.8. The third kappa shape index (κ3) is 10.6. The van der Waals surface area contributed by atoms with Gasteiger partial charge in [-0.15, -0.1) is 0 Å². The molecule has 1 aromatic carbocycles. The van der Waals surface area contributed by atoms with Crippen molar-refractivity contribution in [3.8, 4) is 0 Å². The van der Waals surface area contributed by atoms with E-state index in [-0.39, 0.29) is 0 Å². The van der Waals surface area contributed by atoms with Gasteiger partial charge in [0.25, 0.3) is 0 Å². The van der Waals surface area contributed by atoms with E-state index in [1.165, 1.54) is 34.9 Å². The van der Waals surface area contributed by atoms with Gasteiger partial charge in [0.2, 0.25) is 0 Å². The molecule has 0 amide bonds. The minimum Gasteiger partial charge on any atom is -0.400 e. The van der Waals surface area contributed by atoms with Gasteiger partial charge in [0.1, 0.15) is 0 Å². The maximum Gasteiger partial charge on any atom is 0.0779 e. The summed E-state index contributed by atoms with van der Waals surface area (Å²) in [4.78, 5) is 2.45. The normalized spacial score (nSPS) is 17.1. The summed E-state index contributed by atoms with van der Waals surface area (Å²) in [6.07, 6.45) is 10.3. The fourth-order valence-electron chi connectivity index (χ4n) is 5.78. The monoisotopic (exact) mass is 565 g/mol. The number of aliphatic hydroxyl groups excluding tert-OH is 1. The molecule has 0 aromatic heterocycles. The van der Waals surface area contributed by atoms with Crippen molar-refractivity contribution in [3.63, 3.8) is 0 Å². The average Bonchev–Trinajstić information content (AvgIpc) is 2.95. The lowest BCUT2D eigenvalue weighted by Crippen LogP contribution is -2.36. The quantitative estimate of drug-likeness (QED) is 0.136. The molecule has 6 heteroatoms. The number of aliphatic hydroxyl groups is 1. The van der Waals surface area contributed by atoms with Gasteiger partial charge in [-0.3, -0.25) is 4.90 Å². The van der Waals surface area contributed by atoms with E-state index in [9.17, 15) is 5.11 Å². The summed E-state index contributed by atoms with van der Waals surface area (Å²) in [6, 6.07) is 7.09. The highest BCUT2D eigenvalue weighted by molar-refractivity contribution is 5.99. The number of aryl methyl sites for hydroxylation is 1. The Morgan fingerprint density at radius 2 is 1.80 bits per heavy atom. The van der Waals surface area contributed by atoms with E-state index in [0.29, 0.717) is 29.5 Å². The molecule has 41 heavy (non-hydrogen) atoms. The first-order chi connectivity index (χ1) is 19.6.